The van der Waals surface area contributed by atoms with Crippen LogP contribution in [-0.2, 0) is 6.54 Å². The van der Waals surface area contributed by atoms with Gasteiger partial charge in [0.2, 0.25) is 5.88 Å². The fourth-order valence-corrected chi connectivity index (χ4v) is 1.97. The number of aromatic nitrogens is 1. The van der Waals surface area contributed by atoms with Gasteiger partial charge in [-0.2, -0.15) is 0 Å². The van der Waals surface area contributed by atoms with Gasteiger partial charge in [-0.05, 0) is 43.2 Å². The molecule has 0 atom stereocenters. The minimum Gasteiger partial charge on any atom is -0.437 e. The molecule has 1 aromatic heterocycles. The molecule has 2 N–H and O–H groups in total. The largest absolute Gasteiger partial charge is 0.437 e. The van der Waals surface area contributed by atoms with Gasteiger partial charge in [0, 0.05) is 18.3 Å². The van der Waals surface area contributed by atoms with E-state index < -0.39 is 0 Å². The molecule has 0 amide bonds. The SMILES string of the molecule is Cc1ccc(Oc2nccc(C)c2CN)c(Cl)c1. The molecule has 0 spiro atoms. The molecule has 1 heterocycles. The standard InChI is InChI=1S/C14H15ClN2O/c1-9-3-4-13(12(15)7-9)18-14-11(8-16)10(2)5-6-17-14/h3-7H,8,16H2,1-2H3. The summed E-state index contributed by atoms with van der Waals surface area (Å²) >= 11 is 6.13. The van der Waals surface area contributed by atoms with E-state index in [9.17, 15) is 0 Å². The molecular formula is C14H15ClN2O. The Hall–Kier alpha value is -1.58. The predicted octanol–water partition coefficient (Wildman–Crippen LogP) is 3.60. The van der Waals surface area contributed by atoms with E-state index in [0.29, 0.717) is 23.2 Å². The molecular weight excluding hydrogens is 248 g/mol. The topological polar surface area (TPSA) is 48.1 Å². The van der Waals surface area contributed by atoms with Crippen LogP contribution in [0.15, 0.2) is 30.5 Å². The first-order chi connectivity index (χ1) is 8.61. The number of benzene rings is 1. The average Bonchev–Trinajstić information content (AvgIpc) is 2.33. The molecule has 0 aliphatic rings. The van der Waals surface area contributed by atoms with Crippen LogP contribution in [0.4, 0.5) is 0 Å². The van der Waals surface area contributed by atoms with Gasteiger partial charge in [-0.25, -0.2) is 4.98 Å². The van der Waals surface area contributed by atoms with Crippen molar-refractivity contribution in [1.29, 1.82) is 0 Å². The van der Waals surface area contributed by atoms with Crippen LogP contribution in [0.25, 0.3) is 0 Å². The molecule has 0 bridgehead atoms. The normalized spacial score (nSPS) is 10.4. The minimum atomic E-state index is 0.387. The number of ether oxygens (including phenoxy) is 1. The second-order valence-electron chi connectivity index (χ2n) is 4.15. The quantitative estimate of drug-likeness (QED) is 0.919. The van der Waals surface area contributed by atoms with Gasteiger partial charge in [0.15, 0.2) is 0 Å². The second kappa shape index (κ2) is 5.38. The van der Waals surface area contributed by atoms with Crippen molar-refractivity contribution >= 4 is 11.6 Å². The molecule has 3 nitrogen and oxygen atoms in total. The minimum absolute atomic E-state index is 0.387. The summed E-state index contributed by atoms with van der Waals surface area (Å²) in [6.45, 7) is 4.35. The molecule has 0 aliphatic heterocycles. The van der Waals surface area contributed by atoms with Crippen molar-refractivity contribution in [2.45, 2.75) is 20.4 Å². The van der Waals surface area contributed by atoms with Crippen molar-refractivity contribution in [3.8, 4) is 11.6 Å². The number of nitrogens with two attached hydrogens (primary N) is 1. The fraction of sp³-hybridized carbons (Fsp3) is 0.214. The van der Waals surface area contributed by atoms with E-state index in [2.05, 4.69) is 4.98 Å². The highest BCUT2D eigenvalue weighted by atomic mass is 35.5. The van der Waals surface area contributed by atoms with Crippen LogP contribution in [0, 0.1) is 13.8 Å². The Labute approximate surface area is 112 Å². The summed E-state index contributed by atoms with van der Waals surface area (Å²) < 4.78 is 5.74. The number of hydrogen-bond acceptors (Lipinski definition) is 3. The monoisotopic (exact) mass is 262 g/mol. The Morgan fingerprint density at radius 1 is 1.28 bits per heavy atom. The van der Waals surface area contributed by atoms with Crippen LogP contribution in [0.3, 0.4) is 0 Å². The Bertz CT molecular complexity index is 570. The van der Waals surface area contributed by atoms with E-state index in [1.54, 1.807) is 6.20 Å². The van der Waals surface area contributed by atoms with Gasteiger partial charge in [-0.15, -0.1) is 0 Å². The van der Waals surface area contributed by atoms with Crippen molar-refractivity contribution < 1.29 is 4.74 Å². The van der Waals surface area contributed by atoms with Crippen LogP contribution < -0.4 is 10.5 Å². The molecule has 18 heavy (non-hydrogen) atoms. The number of pyridine rings is 1. The van der Waals surface area contributed by atoms with Gasteiger partial charge < -0.3 is 10.5 Å². The maximum Gasteiger partial charge on any atom is 0.224 e. The summed E-state index contributed by atoms with van der Waals surface area (Å²) in [5.41, 5.74) is 8.76. The van der Waals surface area contributed by atoms with Crippen LogP contribution in [-0.4, -0.2) is 4.98 Å². The van der Waals surface area contributed by atoms with Crippen LogP contribution in [0.2, 0.25) is 5.02 Å². The summed E-state index contributed by atoms with van der Waals surface area (Å²) in [6.07, 6.45) is 1.70. The third-order valence-corrected chi connectivity index (χ3v) is 3.04. The first-order valence-corrected chi connectivity index (χ1v) is 6.08. The van der Waals surface area contributed by atoms with Gasteiger partial charge in [-0.1, -0.05) is 17.7 Å². The molecule has 0 radical (unpaired) electrons. The molecule has 2 aromatic rings. The summed E-state index contributed by atoms with van der Waals surface area (Å²) in [5.74, 6) is 1.11. The predicted molar refractivity (Wildman–Crippen MR) is 73.1 cm³/mol. The van der Waals surface area contributed by atoms with Gasteiger partial charge in [-0.3, -0.25) is 0 Å². The Balaban J connectivity index is 2.37. The van der Waals surface area contributed by atoms with E-state index in [1.807, 2.05) is 38.1 Å². The zero-order chi connectivity index (χ0) is 13.1. The van der Waals surface area contributed by atoms with Gasteiger partial charge in [0.25, 0.3) is 0 Å². The fourth-order valence-electron chi connectivity index (χ4n) is 1.69. The molecule has 0 saturated heterocycles. The summed E-state index contributed by atoms with van der Waals surface area (Å²) in [7, 11) is 0. The molecule has 0 unspecified atom stereocenters. The number of halogens is 1. The highest BCUT2D eigenvalue weighted by Gasteiger charge is 2.10. The van der Waals surface area contributed by atoms with Gasteiger partial charge in [0.05, 0.1) is 5.02 Å². The summed E-state index contributed by atoms with van der Waals surface area (Å²) in [5, 5.41) is 0.571. The first-order valence-electron chi connectivity index (χ1n) is 5.70. The molecule has 0 fully saturated rings. The van der Waals surface area contributed by atoms with Crippen molar-refractivity contribution in [1.82, 2.24) is 4.98 Å². The lowest BCUT2D eigenvalue weighted by molar-refractivity contribution is 0.456. The third kappa shape index (κ3) is 2.63. The van der Waals surface area contributed by atoms with Crippen LogP contribution in [0.5, 0.6) is 11.6 Å². The van der Waals surface area contributed by atoms with Crippen LogP contribution in [0.1, 0.15) is 16.7 Å². The van der Waals surface area contributed by atoms with Gasteiger partial charge in [0.1, 0.15) is 5.75 Å². The molecule has 0 saturated carbocycles. The number of aryl methyl sites for hydroxylation is 2. The van der Waals surface area contributed by atoms with Crippen molar-refractivity contribution in [3.63, 3.8) is 0 Å². The van der Waals surface area contributed by atoms with E-state index in [-0.39, 0.29) is 0 Å². The Kier molecular flexibility index (Phi) is 3.84. The lowest BCUT2D eigenvalue weighted by atomic mass is 10.1. The highest BCUT2D eigenvalue weighted by Crippen LogP contribution is 2.31. The highest BCUT2D eigenvalue weighted by molar-refractivity contribution is 6.32. The average molecular weight is 263 g/mol. The first kappa shape index (κ1) is 12.9. The number of nitrogens with zero attached hydrogens (tertiary/aromatic N) is 1. The van der Waals surface area contributed by atoms with Crippen molar-refractivity contribution in [2.24, 2.45) is 5.73 Å². The smallest absolute Gasteiger partial charge is 0.224 e. The second-order valence-corrected chi connectivity index (χ2v) is 4.56. The lowest BCUT2D eigenvalue weighted by Gasteiger charge is -2.12. The van der Waals surface area contributed by atoms with E-state index in [0.717, 1.165) is 16.7 Å². The van der Waals surface area contributed by atoms with Crippen LogP contribution >= 0.6 is 11.6 Å². The summed E-state index contributed by atoms with van der Waals surface area (Å²) in [4.78, 5) is 4.21. The molecule has 1 aromatic carbocycles. The zero-order valence-corrected chi connectivity index (χ0v) is 11.2. The molecule has 2 rings (SSSR count). The Morgan fingerprint density at radius 2 is 2.06 bits per heavy atom. The van der Waals surface area contributed by atoms with Crippen molar-refractivity contribution in [3.05, 3.63) is 52.2 Å². The zero-order valence-electron chi connectivity index (χ0n) is 10.4. The maximum atomic E-state index is 6.13. The third-order valence-electron chi connectivity index (χ3n) is 2.75. The Morgan fingerprint density at radius 3 is 2.72 bits per heavy atom. The van der Waals surface area contributed by atoms with Gasteiger partial charge >= 0.3 is 0 Å². The number of rotatable bonds is 3. The molecule has 4 heteroatoms. The molecule has 0 aliphatic carbocycles. The maximum absolute atomic E-state index is 6.13. The lowest BCUT2D eigenvalue weighted by Crippen LogP contribution is -2.03. The van der Waals surface area contributed by atoms with Crippen molar-refractivity contribution in [2.75, 3.05) is 0 Å². The van der Waals surface area contributed by atoms with E-state index in [1.165, 1.54) is 0 Å². The van der Waals surface area contributed by atoms with E-state index in [4.69, 9.17) is 22.1 Å². The number of hydrogen-bond donors (Lipinski definition) is 1. The van der Waals surface area contributed by atoms with E-state index >= 15 is 0 Å². The molecule has 94 valence electrons. The summed E-state index contributed by atoms with van der Waals surface area (Å²) in [6, 6.07) is 7.54.